The molecule has 0 radical (unpaired) electrons. The molecule has 6 nitrogen and oxygen atoms in total. The summed E-state index contributed by atoms with van der Waals surface area (Å²) in [7, 11) is 3.25. The van der Waals surface area contributed by atoms with Gasteiger partial charge in [-0.05, 0) is 6.07 Å². The highest BCUT2D eigenvalue weighted by Gasteiger charge is 2.08. The van der Waals surface area contributed by atoms with Crippen LogP contribution in [0.15, 0.2) is 18.3 Å². The molecule has 0 saturated heterocycles. The minimum Gasteiger partial charge on any atom is -0.481 e. The molecule has 1 aromatic rings. The highest BCUT2D eigenvalue weighted by Crippen LogP contribution is 2.18. The van der Waals surface area contributed by atoms with Gasteiger partial charge in [-0.15, -0.1) is 0 Å². The van der Waals surface area contributed by atoms with Crippen LogP contribution in [0.2, 0.25) is 0 Å². The van der Waals surface area contributed by atoms with Gasteiger partial charge in [-0.25, -0.2) is 4.98 Å². The predicted octanol–water partition coefficient (Wildman–Crippen LogP) is 0.869. The first-order valence-corrected chi connectivity index (χ1v) is 5.74. The van der Waals surface area contributed by atoms with Crippen LogP contribution in [0.1, 0.15) is 6.42 Å². The van der Waals surface area contributed by atoms with E-state index in [1.807, 2.05) is 12.1 Å². The number of nitrogens with one attached hydrogen (secondary N) is 1. The minimum atomic E-state index is 0.179. The maximum Gasteiger partial charge on any atom is 0.214 e. The monoisotopic (exact) mass is 252 g/mol. The van der Waals surface area contributed by atoms with Crippen molar-refractivity contribution in [3.63, 3.8) is 0 Å². The van der Waals surface area contributed by atoms with Crippen LogP contribution in [0.25, 0.3) is 0 Å². The lowest BCUT2D eigenvalue weighted by atomic mass is 10.3. The molecule has 3 N–H and O–H groups in total. The largest absolute Gasteiger partial charge is 0.481 e. The van der Waals surface area contributed by atoms with Crippen LogP contribution in [-0.2, 0) is 4.74 Å². The third kappa shape index (κ3) is 4.58. The quantitative estimate of drug-likeness (QED) is 0.529. The smallest absolute Gasteiger partial charge is 0.214 e. The average molecular weight is 252 g/mol. The molecule has 0 aliphatic carbocycles. The Bertz CT molecular complexity index is 384. The van der Waals surface area contributed by atoms with Crippen molar-refractivity contribution in [1.29, 1.82) is 5.41 Å². The summed E-state index contributed by atoms with van der Waals surface area (Å²) in [6.45, 7) is 2.02. The number of pyridine rings is 1. The maximum atomic E-state index is 7.29. The highest BCUT2D eigenvalue weighted by atomic mass is 16.5. The number of nitrogens with two attached hydrogens (primary N) is 1. The van der Waals surface area contributed by atoms with E-state index in [0.29, 0.717) is 25.5 Å². The number of aromatic nitrogens is 1. The Hall–Kier alpha value is -1.82. The van der Waals surface area contributed by atoms with Crippen molar-refractivity contribution in [3.8, 4) is 5.88 Å². The first-order chi connectivity index (χ1) is 8.67. The fourth-order valence-electron chi connectivity index (χ4n) is 1.53. The van der Waals surface area contributed by atoms with Gasteiger partial charge in [0, 0.05) is 44.6 Å². The standard InChI is InChI=1S/C12H20N4O2/c1-17-8-7-16(6-4-11(13)14)10-3-5-15-12(9-10)18-2/h3,5,9H,4,6-8H2,1-2H3,(H3,13,14). The molecular formula is C12H20N4O2. The van der Waals surface area contributed by atoms with Crippen molar-refractivity contribution < 1.29 is 9.47 Å². The predicted molar refractivity (Wildman–Crippen MR) is 71.4 cm³/mol. The van der Waals surface area contributed by atoms with E-state index in [1.165, 1.54) is 0 Å². The van der Waals surface area contributed by atoms with Crippen molar-refractivity contribution in [1.82, 2.24) is 4.98 Å². The molecule has 0 saturated carbocycles. The van der Waals surface area contributed by atoms with Crippen molar-refractivity contribution in [2.45, 2.75) is 6.42 Å². The molecule has 0 bridgehead atoms. The van der Waals surface area contributed by atoms with Gasteiger partial charge in [-0.1, -0.05) is 0 Å². The van der Waals surface area contributed by atoms with Crippen LogP contribution in [-0.4, -0.2) is 44.7 Å². The van der Waals surface area contributed by atoms with Gasteiger partial charge in [0.2, 0.25) is 5.88 Å². The van der Waals surface area contributed by atoms with Crippen LogP contribution < -0.4 is 15.4 Å². The second-order valence-electron chi connectivity index (χ2n) is 3.81. The van der Waals surface area contributed by atoms with E-state index in [-0.39, 0.29) is 5.84 Å². The maximum absolute atomic E-state index is 7.29. The molecular weight excluding hydrogens is 232 g/mol. The molecule has 1 heterocycles. The van der Waals surface area contributed by atoms with Crippen LogP contribution in [0.3, 0.4) is 0 Å². The number of methoxy groups -OCH3 is 2. The number of anilines is 1. The van der Waals surface area contributed by atoms with Crippen molar-refractivity contribution in [2.24, 2.45) is 5.73 Å². The van der Waals surface area contributed by atoms with Gasteiger partial charge < -0.3 is 20.1 Å². The van der Waals surface area contributed by atoms with E-state index in [4.69, 9.17) is 20.6 Å². The molecule has 1 rings (SSSR count). The normalized spacial score (nSPS) is 10.1. The highest BCUT2D eigenvalue weighted by molar-refractivity contribution is 5.77. The molecule has 0 atom stereocenters. The third-order valence-corrected chi connectivity index (χ3v) is 2.51. The van der Waals surface area contributed by atoms with Crippen LogP contribution >= 0.6 is 0 Å². The number of nitrogens with zero attached hydrogens (tertiary/aromatic N) is 2. The minimum absolute atomic E-state index is 0.179. The van der Waals surface area contributed by atoms with Gasteiger partial charge in [0.25, 0.3) is 0 Å². The molecule has 100 valence electrons. The molecule has 1 aromatic heterocycles. The van der Waals surface area contributed by atoms with Gasteiger partial charge in [-0.3, -0.25) is 5.41 Å². The molecule has 0 aromatic carbocycles. The van der Waals surface area contributed by atoms with Gasteiger partial charge in [0.15, 0.2) is 0 Å². The summed E-state index contributed by atoms with van der Waals surface area (Å²) in [5.41, 5.74) is 6.38. The Kier molecular flexibility index (Phi) is 5.93. The van der Waals surface area contributed by atoms with E-state index in [2.05, 4.69) is 9.88 Å². The second kappa shape index (κ2) is 7.50. The van der Waals surface area contributed by atoms with Crippen molar-refractivity contribution >= 4 is 11.5 Å². The number of hydrogen-bond donors (Lipinski definition) is 2. The first kappa shape index (κ1) is 14.2. The summed E-state index contributed by atoms with van der Waals surface area (Å²) in [5.74, 6) is 0.746. The third-order valence-electron chi connectivity index (χ3n) is 2.51. The summed E-state index contributed by atoms with van der Waals surface area (Å²) in [6, 6.07) is 3.76. The summed E-state index contributed by atoms with van der Waals surface area (Å²) in [6.07, 6.45) is 2.22. The number of rotatable bonds is 8. The Balaban J connectivity index is 2.75. The van der Waals surface area contributed by atoms with Crippen molar-refractivity contribution in [2.75, 3.05) is 38.8 Å². The molecule has 0 aliphatic heterocycles. The number of amidine groups is 1. The molecule has 18 heavy (non-hydrogen) atoms. The Morgan fingerprint density at radius 3 is 2.83 bits per heavy atom. The van der Waals surface area contributed by atoms with E-state index in [0.717, 1.165) is 12.2 Å². The molecule has 0 fully saturated rings. The summed E-state index contributed by atoms with van der Waals surface area (Å²) < 4.78 is 10.2. The first-order valence-electron chi connectivity index (χ1n) is 5.74. The molecule has 0 aliphatic rings. The average Bonchev–Trinajstić information content (AvgIpc) is 2.38. The zero-order valence-electron chi connectivity index (χ0n) is 10.8. The van der Waals surface area contributed by atoms with Crippen LogP contribution in [0.4, 0.5) is 5.69 Å². The summed E-state index contributed by atoms with van der Waals surface area (Å²) in [4.78, 5) is 6.16. The lowest BCUT2D eigenvalue weighted by Gasteiger charge is -2.24. The number of ether oxygens (including phenoxy) is 2. The SMILES string of the molecule is COCCN(CCC(=N)N)c1ccnc(OC)c1. The Labute approximate surface area is 107 Å². The Morgan fingerprint density at radius 1 is 1.44 bits per heavy atom. The van der Waals surface area contributed by atoms with Gasteiger partial charge in [-0.2, -0.15) is 0 Å². The molecule has 6 heteroatoms. The lowest BCUT2D eigenvalue weighted by molar-refractivity contribution is 0.205. The van der Waals surface area contributed by atoms with Gasteiger partial charge >= 0.3 is 0 Å². The molecule has 0 spiro atoms. The Morgan fingerprint density at radius 2 is 2.22 bits per heavy atom. The summed E-state index contributed by atoms with van der Waals surface area (Å²) >= 11 is 0. The van der Waals surface area contributed by atoms with E-state index in [1.54, 1.807) is 20.4 Å². The fraction of sp³-hybridized carbons (Fsp3) is 0.500. The van der Waals surface area contributed by atoms with Gasteiger partial charge in [0.05, 0.1) is 19.6 Å². The molecule has 0 amide bonds. The topological polar surface area (TPSA) is 84.5 Å². The zero-order chi connectivity index (χ0) is 13.4. The van der Waals surface area contributed by atoms with Gasteiger partial charge in [0.1, 0.15) is 0 Å². The van der Waals surface area contributed by atoms with E-state index < -0.39 is 0 Å². The van der Waals surface area contributed by atoms with Crippen LogP contribution in [0, 0.1) is 5.41 Å². The second-order valence-corrected chi connectivity index (χ2v) is 3.81. The number of hydrogen-bond acceptors (Lipinski definition) is 5. The zero-order valence-corrected chi connectivity index (χ0v) is 10.8. The lowest BCUT2D eigenvalue weighted by Crippen LogP contribution is -2.30. The molecule has 0 unspecified atom stereocenters. The van der Waals surface area contributed by atoms with Crippen molar-refractivity contribution in [3.05, 3.63) is 18.3 Å². The fourth-order valence-corrected chi connectivity index (χ4v) is 1.53. The van der Waals surface area contributed by atoms with E-state index >= 15 is 0 Å². The van der Waals surface area contributed by atoms with Crippen LogP contribution in [0.5, 0.6) is 5.88 Å². The summed E-state index contributed by atoms with van der Waals surface area (Å²) in [5, 5.41) is 7.29. The van der Waals surface area contributed by atoms with E-state index in [9.17, 15) is 0 Å².